The summed E-state index contributed by atoms with van der Waals surface area (Å²) >= 11 is 0. The zero-order chi connectivity index (χ0) is 14.6. The highest BCUT2D eigenvalue weighted by molar-refractivity contribution is 5.44. The van der Waals surface area contributed by atoms with Crippen LogP contribution < -0.4 is 5.32 Å². The van der Waals surface area contributed by atoms with Crippen molar-refractivity contribution in [1.82, 2.24) is 4.98 Å². The minimum Gasteiger partial charge on any atom is -0.391 e. The van der Waals surface area contributed by atoms with Crippen molar-refractivity contribution in [2.45, 2.75) is 40.2 Å². The van der Waals surface area contributed by atoms with Crippen LogP contribution in [0.2, 0.25) is 0 Å². The van der Waals surface area contributed by atoms with Crippen molar-refractivity contribution in [2.24, 2.45) is 5.41 Å². The van der Waals surface area contributed by atoms with Gasteiger partial charge in [-0.3, -0.25) is 10.1 Å². The zero-order valence-electron chi connectivity index (χ0n) is 11.8. The van der Waals surface area contributed by atoms with Gasteiger partial charge in [-0.2, -0.15) is 0 Å². The largest absolute Gasteiger partial charge is 0.391 e. The van der Waals surface area contributed by atoms with Crippen LogP contribution in [0.1, 0.15) is 32.9 Å². The van der Waals surface area contributed by atoms with Crippen LogP contribution in [-0.4, -0.2) is 27.7 Å². The summed E-state index contributed by atoms with van der Waals surface area (Å²) in [6.45, 7) is 8.15. The van der Waals surface area contributed by atoms with Crippen LogP contribution >= 0.6 is 0 Å². The van der Waals surface area contributed by atoms with Crippen molar-refractivity contribution in [3.63, 3.8) is 0 Å². The number of nitro groups is 1. The molecular weight excluding hydrogens is 246 g/mol. The Balaban J connectivity index is 2.59. The number of pyridine rings is 1. The molecule has 0 spiro atoms. The van der Waals surface area contributed by atoms with Crippen LogP contribution in [0.4, 0.5) is 11.5 Å². The Morgan fingerprint density at radius 1 is 1.47 bits per heavy atom. The molecule has 0 aliphatic heterocycles. The molecule has 2 N–H and O–H groups in total. The molecule has 0 aliphatic carbocycles. The molecule has 0 saturated carbocycles. The molecule has 106 valence electrons. The van der Waals surface area contributed by atoms with Gasteiger partial charge in [0.15, 0.2) is 0 Å². The van der Waals surface area contributed by atoms with Crippen LogP contribution in [-0.2, 0) is 0 Å². The third-order valence-corrected chi connectivity index (χ3v) is 2.62. The van der Waals surface area contributed by atoms with E-state index in [0.29, 0.717) is 24.5 Å². The molecule has 6 nitrogen and oxygen atoms in total. The average Bonchev–Trinajstić information content (AvgIpc) is 2.23. The summed E-state index contributed by atoms with van der Waals surface area (Å²) in [5.74, 6) is 0.538. The second kappa shape index (κ2) is 5.97. The second-order valence-corrected chi connectivity index (χ2v) is 5.86. The number of aryl methyl sites for hydroxylation is 1. The first-order chi connectivity index (χ1) is 8.69. The molecule has 0 fully saturated rings. The van der Waals surface area contributed by atoms with Crippen molar-refractivity contribution in [3.8, 4) is 0 Å². The van der Waals surface area contributed by atoms with Gasteiger partial charge in [-0.15, -0.1) is 0 Å². The van der Waals surface area contributed by atoms with Gasteiger partial charge in [0.1, 0.15) is 11.5 Å². The molecule has 1 aromatic heterocycles. The molecule has 0 aromatic carbocycles. The lowest BCUT2D eigenvalue weighted by atomic mass is 9.89. The molecule has 1 aromatic rings. The summed E-state index contributed by atoms with van der Waals surface area (Å²) in [6.07, 6.45) is 0.198. The first kappa shape index (κ1) is 15.4. The minimum atomic E-state index is -0.475. The Labute approximate surface area is 113 Å². The highest BCUT2D eigenvalue weighted by Crippen LogP contribution is 2.21. The summed E-state index contributed by atoms with van der Waals surface area (Å²) in [4.78, 5) is 14.3. The Hall–Kier alpha value is -1.69. The Bertz CT molecular complexity index is 455. The smallest absolute Gasteiger partial charge is 0.290 e. The highest BCUT2D eigenvalue weighted by atomic mass is 16.6. The van der Waals surface area contributed by atoms with Crippen LogP contribution in [0.15, 0.2) is 12.1 Å². The number of aliphatic hydroxyl groups is 1. The molecule has 0 amide bonds. The maximum atomic E-state index is 10.7. The normalized spacial score (nSPS) is 13.1. The van der Waals surface area contributed by atoms with Crippen LogP contribution in [0, 0.1) is 22.5 Å². The number of nitrogens with one attached hydrogen (secondary N) is 1. The van der Waals surface area contributed by atoms with Crippen LogP contribution in [0.25, 0.3) is 0 Å². The Morgan fingerprint density at radius 2 is 2.11 bits per heavy atom. The molecule has 0 bridgehead atoms. The number of rotatable bonds is 5. The maximum absolute atomic E-state index is 10.7. The van der Waals surface area contributed by atoms with Crippen molar-refractivity contribution in [3.05, 3.63) is 27.9 Å². The van der Waals surface area contributed by atoms with E-state index < -0.39 is 11.0 Å². The van der Waals surface area contributed by atoms with E-state index in [1.54, 1.807) is 13.0 Å². The lowest BCUT2D eigenvalue weighted by Crippen LogP contribution is -2.25. The van der Waals surface area contributed by atoms with Gasteiger partial charge in [-0.1, -0.05) is 20.8 Å². The number of hydrogen-bond donors (Lipinski definition) is 2. The van der Waals surface area contributed by atoms with E-state index >= 15 is 0 Å². The van der Waals surface area contributed by atoms with E-state index in [2.05, 4.69) is 31.1 Å². The third kappa shape index (κ3) is 5.21. The molecule has 1 rings (SSSR count). The highest BCUT2D eigenvalue weighted by Gasteiger charge is 2.17. The van der Waals surface area contributed by atoms with E-state index in [0.717, 1.165) is 0 Å². The number of aliphatic hydroxyl groups excluding tert-OH is 1. The summed E-state index contributed by atoms with van der Waals surface area (Å²) in [5.41, 5.74) is 0.418. The van der Waals surface area contributed by atoms with Gasteiger partial charge < -0.3 is 10.4 Å². The monoisotopic (exact) mass is 267 g/mol. The van der Waals surface area contributed by atoms with Gasteiger partial charge in [-0.25, -0.2) is 4.98 Å². The quantitative estimate of drug-likeness (QED) is 0.632. The fourth-order valence-corrected chi connectivity index (χ4v) is 1.85. The lowest BCUT2D eigenvalue weighted by molar-refractivity contribution is -0.385. The fourth-order valence-electron chi connectivity index (χ4n) is 1.85. The van der Waals surface area contributed by atoms with Gasteiger partial charge >= 0.3 is 0 Å². The Morgan fingerprint density at radius 3 is 2.58 bits per heavy atom. The number of anilines is 1. The summed E-state index contributed by atoms with van der Waals surface area (Å²) < 4.78 is 0. The second-order valence-electron chi connectivity index (χ2n) is 5.86. The van der Waals surface area contributed by atoms with Crippen LogP contribution in [0.5, 0.6) is 0 Å². The molecule has 0 aliphatic rings. The average molecular weight is 267 g/mol. The van der Waals surface area contributed by atoms with Crippen molar-refractivity contribution in [2.75, 3.05) is 11.9 Å². The first-order valence-electron chi connectivity index (χ1n) is 6.23. The molecule has 6 heteroatoms. The van der Waals surface area contributed by atoms with Gasteiger partial charge in [0, 0.05) is 12.6 Å². The molecule has 1 unspecified atom stereocenters. The maximum Gasteiger partial charge on any atom is 0.290 e. The number of hydrogen-bond acceptors (Lipinski definition) is 5. The topological polar surface area (TPSA) is 88.3 Å². The van der Waals surface area contributed by atoms with E-state index in [1.807, 2.05) is 0 Å². The molecule has 1 atom stereocenters. The van der Waals surface area contributed by atoms with Gasteiger partial charge in [-0.05, 0) is 24.8 Å². The van der Waals surface area contributed by atoms with Crippen molar-refractivity contribution < 1.29 is 10.0 Å². The Kier molecular flexibility index (Phi) is 4.83. The van der Waals surface area contributed by atoms with Crippen LogP contribution in [0.3, 0.4) is 0 Å². The molecule has 1 heterocycles. The molecule has 0 radical (unpaired) electrons. The first-order valence-corrected chi connectivity index (χ1v) is 6.23. The number of aromatic nitrogens is 1. The summed E-state index contributed by atoms with van der Waals surface area (Å²) in [7, 11) is 0. The number of nitrogens with zero attached hydrogens (tertiary/aromatic N) is 2. The SMILES string of the molecule is Cc1nc(NCC(O)CC(C)(C)C)ccc1[N+](=O)[O-]. The predicted molar refractivity (Wildman–Crippen MR) is 74.2 cm³/mol. The van der Waals surface area contributed by atoms with E-state index in [4.69, 9.17) is 0 Å². The van der Waals surface area contributed by atoms with Gasteiger partial charge in [0.2, 0.25) is 0 Å². The molecule has 19 heavy (non-hydrogen) atoms. The predicted octanol–water partition coefficient (Wildman–Crippen LogP) is 2.51. The summed E-state index contributed by atoms with van der Waals surface area (Å²) in [5, 5.41) is 23.5. The standard InChI is InChI=1S/C13H21N3O3/c1-9-11(16(18)19)5-6-12(15-9)14-8-10(17)7-13(2,3)4/h5-6,10,17H,7-8H2,1-4H3,(H,14,15). The van der Waals surface area contributed by atoms with Crippen molar-refractivity contribution in [1.29, 1.82) is 0 Å². The molecular formula is C13H21N3O3. The van der Waals surface area contributed by atoms with Gasteiger partial charge in [0.25, 0.3) is 5.69 Å². The fraction of sp³-hybridized carbons (Fsp3) is 0.615. The van der Waals surface area contributed by atoms with E-state index in [9.17, 15) is 15.2 Å². The molecule has 0 saturated heterocycles. The van der Waals surface area contributed by atoms with Crippen molar-refractivity contribution >= 4 is 11.5 Å². The third-order valence-electron chi connectivity index (χ3n) is 2.62. The minimum absolute atomic E-state index is 0.000731. The van der Waals surface area contributed by atoms with Gasteiger partial charge in [0.05, 0.1) is 11.0 Å². The van der Waals surface area contributed by atoms with E-state index in [-0.39, 0.29) is 11.1 Å². The summed E-state index contributed by atoms with van der Waals surface area (Å²) in [6, 6.07) is 2.97. The zero-order valence-corrected chi connectivity index (χ0v) is 11.8. The lowest BCUT2D eigenvalue weighted by Gasteiger charge is -2.22. The van der Waals surface area contributed by atoms with E-state index in [1.165, 1.54) is 6.07 Å².